The third kappa shape index (κ3) is 3.81. The number of ether oxygens (including phenoxy) is 1. The summed E-state index contributed by atoms with van der Waals surface area (Å²) in [6, 6.07) is -0.771. The lowest BCUT2D eigenvalue weighted by Crippen LogP contribution is -2.35. The first-order chi connectivity index (χ1) is 14.0. The second-order valence-electron chi connectivity index (χ2n) is 7.22. The van der Waals surface area contributed by atoms with E-state index in [1.807, 2.05) is 6.92 Å². The van der Waals surface area contributed by atoms with E-state index in [0.717, 1.165) is 24.8 Å². The molecule has 3 aromatic rings. The van der Waals surface area contributed by atoms with Crippen molar-refractivity contribution in [3.05, 3.63) is 25.8 Å². The van der Waals surface area contributed by atoms with Crippen LogP contribution >= 0.6 is 22.7 Å². The quantitative estimate of drug-likeness (QED) is 0.634. The van der Waals surface area contributed by atoms with Crippen molar-refractivity contribution in [1.82, 2.24) is 25.2 Å². The van der Waals surface area contributed by atoms with Crippen LogP contribution in [0.4, 0.5) is 5.13 Å². The van der Waals surface area contributed by atoms with E-state index in [4.69, 9.17) is 4.74 Å². The number of methoxy groups -OCH3 is 1. The van der Waals surface area contributed by atoms with Crippen LogP contribution in [0.15, 0.2) is 4.79 Å². The Morgan fingerprint density at radius 3 is 2.93 bits per heavy atom. The van der Waals surface area contributed by atoms with Crippen LogP contribution in [-0.2, 0) is 29.0 Å². The van der Waals surface area contributed by atoms with Crippen molar-refractivity contribution in [1.29, 1.82) is 0 Å². The van der Waals surface area contributed by atoms with Gasteiger partial charge in [0.1, 0.15) is 17.7 Å². The summed E-state index contributed by atoms with van der Waals surface area (Å²) < 4.78 is 6.23. The Morgan fingerprint density at radius 2 is 2.17 bits per heavy atom. The molecule has 11 heteroatoms. The van der Waals surface area contributed by atoms with E-state index in [1.165, 1.54) is 20.9 Å². The van der Waals surface area contributed by atoms with Gasteiger partial charge in [-0.15, -0.1) is 26.6 Å². The molecule has 9 nitrogen and oxygen atoms in total. The highest BCUT2D eigenvalue weighted by atomic mass is 32.1. The van der Waals surface area contributed by atoms with Crippen molar-refractivity contribution in [3.63, 3.8) is 0 Å². The lowest BCUT2D eigenvalue weighted by molar-refractivity contribution is -0.119. The van der Waals surface area contributed by atoms with Gasteiger partial charge in [-0.3, -0.25) is 14.9 Å². The highest BCUT2D eigenvalue weighted by Gasteiger charge is 2.27. The molecule has 0 saturated heterocycles. The Kier molecular flexibility index (Phi) is 5.70. The first-order valence-corrected chi connectivity index (χ1v) is 11.2. The molecule has 0 bridgehead atoms. The Balaban J connectivity index is 1.65. The predicted octanol–water partition coefficient (Wildman–Crippen LogP) is 2.57. The molecule has 0 fully saturated rings. The maximum Gasteiger partial charge on any atom is 0.279 e. The van der Waals surface area contributed by atoms with Gasteiger partial charge in [-0.05, 0) is 37.2 Å². The number of nitrogens with zero attached hydrogens (tertiary/aromatic N) is 5. The second-order valence-corrected chi connectivity index (χ2v) is 9.36. The highest BCUT2D eigenvalue weighted by Crippen LogP contribution is 2.35. The summed E-state index contributed by atoms with van der Waals surface area (Å²) in [5.74, 6) is 0.246. The number of aromatic nitrogens is 5. The number of aryl methyl sites for hydroxylation is 1. The van der Waals surface area contributed by atoms with Crippen molar-refractivity contribution in [2.24, 2.45) is 5.92 Å². The number of rotatable bonds is 6. The normalized spacial score (nSPS) is 17.3. The van der Waals surface area contributed by atoms with E-state index in [0.29, 0.717) is 39.3 Å². The molecule has 1 aliphatic rings. The zero-order chi connectivity index (χ0) is 20.5. The lowest BCUT2D eigenvalue weighted by atomic mass is 9.89. The molecule has 0 radical (unpaired) electrons. The first kappa shape index (κ1) is 20.0. The molecule has 3 aromatic heterocycles. The molecule has 1 aliphatic carbocycles. The summed E-state index contributed by atoms with van der Waals surface area (Å²) in [6.45, 7) is 4.39. The van der Waals surface area contributed by atoms with Crippen LogP contribution in [0.25, 0.3) is 10.2 Å². The van der Waals surface area contributed by atoms with Gasteiger partial charge in [0.05, 0.1) is 5.39 Å². The SMILES string of the molecule is CCC(C(=O)Nc1nnc(COC)s1)n1nnc2sc3c(c2c1=O)CCC(C)C3. The number of nitrogens with one attached hydrogen (secondary N) is 1. The second kappa shape index (κ2) is 8.25. The lowest BCUT2D eigenvalue weighted by Gasteiger charge is -2.18. The average Bonchev–Trinajstić information content (AvgIpc) is 3.28. The van der Waals surface area contributed by atoms with Gasteiger partial charge in [-0.2, -0.15) is 4.68 Å². The van der Waals surface area contributed by atoms with E-state index in [1.54, 1.807) is 18.4 Å². The van der Waals surface area contributed by atoms with Crippen molar-refractivity contribution in [2.75, 3.05) is 12.4 Å². The van der Waals surface area contributed by atoms with Crippen molar-refractivity contribution >= 4 is 43.9 Å². The summed E-state index contributed by atoms with van der Waals surface area (Å²) >= 11 is 2.78. The highest BCUT2D eigenvalue weighted by molar-refractivity contribution is 7.18. The van der Waals surface area contributed by atoms with Gasteiger partial charge < -0.3 is 4.74 Å². The van der Waals surface area contributed by atoms with Gasteiger partial charge in [0.15, 0.2) is 4.83 Å². The van der Waals surface area contributed by atoms with Gasteiger partial charge in [-0.1, -0.05) is 30.4 Å². The Hall–Kier alpha value is -2.24. The Labute approximate surface area is 175 Å². The van der Waals surface area contributed by atoms with E-state index in [-0.39, 0.29) is 11.5 Å². The fourth-order valence-corrected chi connectivity index (χ4v) is 5.65. The van der Waals surface area contributed by atoms with Crippen LogP contribution < -0.4 is 10.9 Å². The molecular formula is C18H22N6O3S2. The van der Waals surface area contributed by atoms with Crippen LogP contribution in [0.5, 0.6) is 0 Å². The number of thiophene rings is 1. The van der Waals surface area contributed by atoms with Crippen LogP contribution in [0.1, 0.15) is 48.2 Å². The monoisotopic (exact) mass is 434 g/mol. The minimum atomic E-state index is -0.771. The molecule has 29 heavy (non-hydrogen) atoms. The minimum Gasteiger partial charge on any atom is -0.377 e. The van der Waals surface area contributed by atoms with Gasteiger partial charge >= 0.3 is 0 Å². The summed E-state index contributed by atoms with van der Waals surface area (Å²) in [4.78, 5) is 28.0. The van der Waals surface area contributed by atoms with Gasteiger partial charge in [0.25, 0.3) is 11.5 Å². The van der Waals surface area contributed by atoms with Crippen molar-refractivity contribution in [2.45, 2.75) is 52.2 Å². The summed E-state index contributed by atoms with van der Waals surface area (Å²) in [6.07, 6.45) is 3.29. The molecule has 0 spiro atoms. The molecule has 1 amide bonds. The van der Waals surface area contributed by atoms with Crippen molar-refractivity contribution in [3.8, 4) is 0 Å². The van der Waals surface area contributed by atoms with E-state index < -0.39 is 6.04 Å². The molecular weight excluding hydrogens is 412 g/mol. The average molecular weight is 435 g/mol. The molecule has 1 N–H and O–H groups in total. The molecule has 0 saturated carbocycles. The minimum absolute atomic E-state index is 0.249. The molecule has 4 rings (SSSR count). The molecule has 3 heterocycles. The van der Waals surface area contributed by atoms with E-state index in [9.17, 15) is 9.59 Å². The molecule has 2 atom stereocenters. The summed E-state index contributed by atoms with van der Waals surface area (Å²) in [5.41, 5.74) is 0.835. The van der Waals surface area contributed by atoms with Crippen LogP contribution in [0.2, 0.25) is 0 Å². The Bertz CT molecular complexity index is 1100. The fraction of sp³-hybridized carbons (Fsp3) is 0.556. The van der Waals surface area contributed by atoms with Crippen LogP contribution in [0, 0.1) is 5.92 Å². The van der Waals surface area contributed by atoms with Crippen LogP contribution in [0.3, 0.4) is 0 Å². The number of amides is 1. The maximum absolute atomic E-state index is 13.2. The molecule has 0 aromatic carbocycles. The number of anilines is 1. The predicted molar refractivity (Wildman–Crippen MR) is 111 cm³/mol. The number of hydrogen-bond donors (Lipinski definition) is 1. The standard InChI is InChI=1S/C18H22N6O3S2/c1-4-11(15(25)19-18-22-20-13(29-18)8-27-3)24-17(26)14-10-6-5-9(2)7-12(10)28-16(14)21-23-24/h9,11H,4-8H2,1-3H3,(H,19,22,25). The fourth-order valence-electron chi connectivity index (χ4n) is 3.62. The maximum atomic E-state index is 13.2. The smallest absolute Gasteiger partial charge is 0.279 e. The molecule has 0 aliphatic heterocycles. The van der Waals surface area contributed by atoms with Crippen LogP contribution in [-0.4, -0.2) is 38.2 Å². The zero-order valence-corrected chi connectivity index (χ0v) is 18.1. The van der Waals surface area contributed by atoms with Gasteiger partial charge in [-0.25, -0.2) is 0 Å². The third-order valence-electron chi connectivity index (χ3n) is 5.10. The largest absolute Gasteiger partial charge is 0.377 e. The number of carbonyl (C=O) groups is 1. The first-order valence-electron chi connectivity index (χ1n) is 9.53. The summed E-state index contributed by atoms with van der Waals surface area (Å²) in [7, 11) is 1.57. The van der Waals surface area contributed by atoms with Crippen molar-refractivity contribution < 1.29 is 9.53 Å². The number of carbonyl (C=O) groups excluding carboxylic acids is 1. The number of fused-ring (bicyclic) bond motifs is 3. The van der Waals surface area contributed by atoms with E-state index >= 15 is 0 Å². The molecule has 154 valence electrons. The number of hydrogen-bond acceptors (Lipinski definition) is 9. The topological polar surface area (TPSA) is 112 Å². The zero-order valence-electron chi connectivity index (χ0n) is 16.5. The molecule has 2 unspecified atom stereocenters. The Morgan fingerprint density at radius 1 is 1.34 bits per heavy atom. The van der Waals surface area contributed by atoms with Gasteiger partial charge in [0.2, 0.25) is 5.13 Å². The third-order valence-corrected chi connectivity index (χ3v) is 7.05. The van der Waals surface area contributed by atoms with E-state index in [2.05, 4.69) is 32.7 Å². The van der Waals surface area contributed by atoms with Gasteiger partial charge in [0, 0.05) is 12.0 Å². The summed E-state index contributed by atoms with van der Waals surface area (Å²) in [5, 5.41) is 20.6.